The second-order valence-electron chi connectivity index (χ2n) is 5.85. The molecule has 3 heterocycles. The number of carbonyl (C=O) groups excluding carboxylic acids is 1. The third kappa shape index (κ3) is 2.81. The van der Waals surface area contributed by atoms with Gasteiger partial charge in [-0.1, -0.05) is 0 Å². The average molecular weight is 381 g/mol. The molecule has 8 nitrogen and oxygen atoms in total. The summed E-state index contributed by atoms with van der Waals surface area (Å²) in [6.45, 7) is 1.78. The molecule has 0 radical (unpaired) electrons. The van der Waals surface area contributed by atoms with Crippen LogP contribution in [0.4, 0.5) is 0 Å². The number of pyridine rings is 1. The van der Waals surface area contributed by atoms with Crippen LogP contribution in [0, 0.1) is 6.92 Å². The number of carbonyl (C=O) groups is 1. The fraction of sp³-hybridized carbons (Fsp3) is 0.167. The van der Waals surface area contributed by atoms with Crippen LogP contribution >= 0.6 is 11.3 Å². The van der Waals surface area contributed by atoms with Gasteiger partial charge >= 0.3 is 11.7 Å². The molecular formula is C18H15N5O3S. The van der Waals surface area contributed by atoms with Crippen molar-refractivity contribution in [3.63, 3.8) is 0 Å². The molecule has 0 aliphatic heterocycles. The molecule has 0 saturated heterocycles. The van der Waals surface area contributed by atoms with E-state index in [0.717, 1.165) is 16.3 Å². The molecule has 4 aromatic rings. The highest BCUT2D eigenvalue weighted by atomic mass is 32.1. The van der Waals surface area contributed by atoms with Crippen LogP contribution in [0.15, 0.2) is 41.3 Å². The lowest BCUT2D eigenvalue weighted by Gasteiger charge is -2.03. The summed E-state index contributed by atoms with van der Waals surface area (Å²) in [5.41, 5.74) is 2.36. The normalized spacial score (nSPS) is 11.1. The summed E-state index contributed by atoms with van der Waals surface area (Å²) in [6, 6.07) is 9.22. The van der Waals surface area contributed by atoms with Gasteiger partial charge in [-0.3, -0.25) is 0 Å². The lowest BCUT2D eigenvalue weighted by atomic mass is 10.2. The molecule has 136 valence electrons. The maximum atomic E-state index is 12.2. The summed E-state index contributed by atoms with van der Waals surface area (Å²) in [4.78, 5) is 32.8. The first-order valence-corrected chi connectivity index (χ1v) is 8.88. The van der Waals surface area contributed by atoms with Crippen LogP contribution in [0.2, 0.25) is 0 Å². The van der Waals surface area contributed by atoms with Gasteiger partial charge in [0, 0.05) is 18.8 Å². The number of esters is 1. The first kappa shape index (κ1) is 17.1. The number of aryl methyl sites for hydroxylation is 2. The van der Waals surface area contributed by atoms with Crippen LogP contribution < -0.4 is 5.69 Å². The number of methoxy groups -OCH3 is 1. The van der Waals surface area contributed by atoms with Crippen molar-refractivity contribution < 1.29 is 9.53 Å². The van der Waals surface area contributed by atoms with E-state index in [1.165, 1.54) is 23.1 Å². The summed E-state index contributed by atoms with van der Waals surface area (Å²) in [6.07, 6.45) is 1.54. The van der Waals surface area contributed by atoms with Crippen molar-refractivity contribution in [2.75, 3.05) is 7.11 Å². The Morgan fingerprint density at radius 3 is 2.56 bits per heavy atom. The Bertz CT molecular complexity index is 1220. The van der Waals surface area contributed by atoms with Crippen molar-refractivity contribution in [1.29, 1.82) is 0 Å². The predicted molar refractivity (Wildman–Crippen MR) is 101 cm³/mol. The standard InChI is InChI=1S/C18H15N5O3S/c1-10-21-22(2)18(25)23(10)12-6-4-11(5-7-12)16-20-13-8-9-19-14(15(13)27-16)17(24)26-3/h4-9H,1-3H3. The van der Waals surface area contributed by atoms with Gasteiger partial charge in [0.2, 0.25) is 0 Å². The molecule has 0 N–H and O–H groups in total. The first-order valence-electron chi connectivity index (χ1n) is 8.07. The van der Waals surface area contributed by atoms with Crippen molar-refractivity contribution in [3.8, 4) is 16.3 Å². The highest BCUT2D eigenvalue weighted by molar-refractivity contribution is 7.22. The molecule has 0 amide bonds. The number of hydrogen-bond acceptors (Lipinski definition) is 7. The number of ether oxygens (including phenoxy) is 1. The number of fused-ring (bicyclic) bond motifs is 1. The molecule has 0 aliphatic carbocycles. The van der Waals surface area contributed by atoms with Crippen molar-refractivity contribution in [2.24, 2.45) is 7.05 Å². The van der Waals surface area contributed by atoms with Gasteiger partial charge in [0.1, 0.15) is 10.8 Å². The van der Waals surface area contributed by atoms with E-state index >= 15 is 0 Å². The molecule has 9 heteroatoms. The molecule has 0 saturated carbocycles. The highest BCUT2D eigenvalue weighted by Crippen LogP contribution is 2.32. The van der Waals surface area contributed by atoms with Gasteiger partial charge < -0.3 is 4.74 Å². The summed E-state index contributed by atoms with van der Waals surface area (Å²) in [7, 11) is 2.94. The smallest absolute Gasteiger partial charge is 0.358 e. The van der Waals surface area contributed by atoms with Gasteiger partial charge in [-0.2, -0.15) is 5.10 Å². The molecule has 3 aromatic heterocycles. The zero-order valence-electron chi connectivity index (χ0n) is 14.8. The number of thiazole rings is 1. The number of rotatable bonds is 3. The van der Waals surface area contributed by atoms with Crippen LogP contribution in [0.5, 0.6) is 0 Å². The quantitative estimate of drug-likeness (QED) is 0.506. The molecule has 1 aromatic carbocycles. The van der Waals surface area contributed by atoms with Gasteiger partial charge in [-0.25, -0.2) is 28.8 Å². The zero-order valence-corrected chi connectivity index (χ0v) is 15.6. The molecular weight excluding hydrogens is 366 g/mol. The van der Waals surface area contributed by atoms with Gasteiger partial charge in [0.15, 0.2) is 5.69 Å². The van der Waals surface area contributed by atoms with E-state index < -0.39 is 5.97 Å². The second kappa shape index (κ2) is 6.44. The average Bonchev–Trinajstić information content (AvgIpc) is 3.22. The first-order chi connectivity index (χ1) is 13.0. The van der Waals surface area contributed by atoms with Gasteiger partial charge in [0.25, 0.3) is 0 Å². The summed E-state index contributed by atoms with van der Waals surface area (Å²) in [5.74, 6) is 0.126. The largest absolute Gasteiger partial charge is 0.464 e. The molecule has 0 bridgehead atoms. The molecule has 27 heavy (non-hydrogen) atoms. The van der Waals surface area contributed by atoms with Gasteiger partial charge in [0.05, 0.1) is 23.0 Å². The van der Waals surface area contributed by atoms with Crippen LogP contribution in [0.1, 0.15) is 16.3 Å². The zero-order chi connectivity index (χ0) is 19.1. The Hall–Kier alpha value is -3.33. The Morgan fingerprint density at radius 2 is 1.93 bits per heavy atom. The lowest BCUT2D eigenvalue weighted by molar-refractivity contribution is 0.0597. The van der Waals surface area contributed by atoms with E-state index in [9.17, 15) is 9.59 Å². The number of aromatic nitrogens is 5. The fourth-order valence-corrected chi connectivity index (χ4v) is 3.90. The minimum atomic E-state index is -0.488. The number of hydrogen-bond donors (Lipinski definition) is 0. The minimum absolute atomic E-state index is 0.200. The van der Waals surface area contributed by atoms with Gasteiger partial charge in [-0.15, -0.1) is 11.3 Å². The van der Waals surface area contributed by atoms with E-state index in [0.29, 0.717) is 16.0 Å². The van der Waals surface area contributed by atoms with E-state index in [1.807, 2.05) is 24.3 Å². The molecule has 0 atom stereocenters. The molecule has 0 aliphatic rings. The van der Waals surface area contributed by atoms with E-state index in [2.05, 4.69) is 15.1 Å². The molecule has 4 rings (SSSR count). The number of nitrogens with zero attached hydrogens (tertiary/aromatic N) is 5. The second-order valence-corrected chi connectivity index (χ2v) is 6.85. The maximum Gasteiger partial charge on any atom is 0.358 e. The fourth-order valence-electron chi connectivity index (χ4n) is 2.86. The summed E-state index contributed by atoms with van der Waals surface area (Å²) in [5, 5.41) is 4.89. The topological polar surface area (TPSA) is 91.9 Å². The number of benzene rings is 1. The Kier molecular flexibility index (Phi) is 4.08. The molecule has 0 spiro atoms. The Balaban J connectivity index is 1.76. The van der Waals surface area contributed by atoms with E-state index in [1.54, 1.807) is 30.8 Å². The highest BCUT2D eigenvalue weighted by Gasteiger charge is 2.17. The van der Waals surface area contributed by atoms with E-state index in [4.69, 9.17) is 4.74 Å². The summed E-state index contributed by atoms with van der Waals surface area (Å²) < 4.78 is 8.32. The third-order valence-electron chi connectivity index (χ3n) is 4.14. The predicted octanol–water partition coefficient (Wildman–Crippen LogP) is 2.34. The monoisotopic (exact) mass is 381 g/mol. The van der Waals surface area contributed by atoms with Gasteiger partial charge in [-0.05, 0) is 37.3 Å². The summed E-state index contributed by atoms with van der Waals surface area (Å²) >= 11 is 1.37. The minimum Gasteiger partial charge on any atom is -0.464 e. The van der Waals surface area contributed by atoms with Crippen LogP contribution in [-0.4, -0.2) is 37.4 Å². The van der Waals surface area contributed by atoms with E-state index in [-0.39, 0.29) is 11.4 Å². The van der Waals surface area contributed by atoms with Crippen LogP contribution in [0.3, 0.4) is 0 Å². The lowest BCUT2D eigenvalue weighted by Crippen LogP contribution is -2.21. The maximum absolute atomic E-state index is 12.2. The SMILES string of the molecule is COC(=O)c1nccc2nc(-c3ccc(-n4c(C)nn(C)c4=O)cc3)sc12. The van der Waals surface area contributed by atoms with Crippen molar-refractivity contribution in [3.05, 3.63) is 58.5 Å². The third-order valence-corrected chi connectivity index (χ3v) is 5.27. The molecule has 0 unspecified atom stereocenters. The van der Waals surface area contributed by atoms with Crippen LogP contribution in [-0.2, 0) is 11.8 Å². The Labute approximate surface area is 157 Å². The molecule has 0 fully saturated rings. The van der Waals surface area contributed by atoms with Crippen LogP contribution in [0.25, 0.3) is 26.5 Å². The Morgan fingerprint density at radius 1 is 1.19 bits per heavy atom. The van der Waals surface area contributed by atoms with Crippen molar-refractivity contribution >= 4 is 27.5 Å². The van der Waals surface area contributed by atoms with Crippen molar-refractivity contribution in [1.82, 2.24) is 24.3 Å². The van der Waals surface area contributed by atoms with Crippen molar-refractivity contribution in [2.45, 2.75) is 6.92 Å².